The first-order valence-corrected chi connectivity index (χ1v) is 13.3. The van der Waals surface area contributed by atoms with Crippen molar-refractivity contribution in [2.75, 3.05) is 7.11 Å². The summed E-state index contributed by atoms with van der Waals surface area (Å²) in [7, 11) is 1.63. The lowest BCUT2D eigenvalue weighted by Crippen LogP contribution is -2.35. The van der Waals surface area contributed by atoms with Crippen LogP contribution in [-0.2, 0) is 11.2 Å². The van der Waals surface area contributed by atoms with Crippen LogP contribution in [0.3, 0.4) is 0 Å². The summed E-state index contributed by atoms with van der Waals surface area (Å²) in [6.07, 6.45) is 6.02. The van der Waals surface area contributed by atoms with Gasteiger partial charge in [-0.2, -0.15) is 0 Å². The minimum atomic E-state index is -0.555. The number of alkyl carbamates (subject to hydrolysis) is 1. The molecule has 0 spiro atoms. The summed E-state index contributed by atoms with van der Waals surface area (Å²) >= 11 is 1.63. The van der Waals surface area contributed by atoms with Crippen molar-refractivity contribution in [1.82, 2.24) is 9.88 Å². The fraction of sp³-hybridized carbons (Fsp3) is 0.464. The van der Waals surface area contributed by atoms with Gasteiger partial charge in [-0.05, 0) is 88.4 Å². The van der Waals surface area contributed by atoms with E-state index in [1.807, 2.05) is 32.9 Å². The van der Waals surface area contributed by atoms with Crippen LogP contribution in [0, 0.1) is 0 Å². The Morgan fingerprint density at radius 3 is 2.53 bits per heavy atom. The summed E-state index contributed by atoms with van der Waals surface area (Å²) in [6, 6.07) is 3.91. The number of hydrogen-bond donors (Lipinski definition) is 1. The number of pyridine rings is 1. The van der Waals surface area contributed by atoms with E-state index < -0.39 is 11.7 Å². The fourth-order valence-corrected chi connectivity index (χ4v) is 6.31. The molecule has 5 rings (SSSR count). The van der Waals surface area contributed by atoms with Crippen LogP contribution < -0.4 is 15.5 Å². The van der Waals surface area contributed by atoms with Gasteiger partial charge in [0.15, 0.2) is 17.0 Å². The average molecular weight is 509 g/mol. The Kier molecular flexibility index (Phi) is 6.19. The first-order valence-electron chi connectivity index (χ1n) is 12.5. The topological polar surface area (TPSA) is 86.6 Å². The van der Waals surface area contributed by atoms with Crippen LogP contribution >= 0.6 is 11.3 Å². The molecule has 3 aromatic rings. The predicted octanol–water partition coefficient (Wildman–Crippen LogP) is 6.18. The number of aromatic nitrogens is 1. The van der Waals surface area contributed by atoms with Gasteiger partial charge < -0.3 is 19.4 Å². The number of benzene rings is 1. The third-order valence-corrected chi connectivity index (χ3v) is 7.95. The second kappa shape index (κ2) is 9.07. The molecule has 8 heteroatoms. The van der Waals surface area contributed by atoms with E-state index in [0.717, 1.165) is 53.6 Å². The minimum absolute atomic E-state index is 0.100. The summed E-state index contributed by atoms with van der Waals surface area (Å²) in [5, 5.41) is 5.67. The molecule has 2 aliphatic rings. The molecule has 0 radical (unpaired) electrons. The number of carbonyl (C=O) groups excluding carboxylic acids is 2. The number of ketones is 1. The number of nitrogens with zero attached hydrogens (tertiary/aromatic N) is 1. The van der Waals surface area contributed by atoms with E-state index in [1.54, 1.807) is 24.6 Å². The third-order valence-electron chi connectivity index (χ3n) is 6.81. The first-order chi connectivity index (χ1) is 17.1. The number of Topliss-reactive ketones (excluding diaryl/α,β-unsaturated/α-hetero) is 1. The van der Waals surface area contributed by atoms with E-state index >= 15 is 0 Å². The smallest absolute Gasteiger partial charge is 0.408 e. The molecular weight excluding hydrogens is 476 g/mol. The largest absolute Gasteiger partial charge is 0.494 e. The lowest BCUT2D eigenvalue weighted by Gasteiger charge is -2.27. The minimum Gasteiger partial charge on any atom is -0.494 e. The van der Waals surface area contributed by atoms with E-state index in [2.05, 4.69) is 15.3 Å². The van der Waals surface area contributed by atoms with E-state index in [-0.39, 0.29) is 28.9 Å². The Labute approximate surface area is 214 Å². The second-order valence-corrected chi connectivity index (χ2v) is 11.6. The Bertz CT molecular complexity index is 1420. The first kappa shape index (κ1) is 24.6. The van der Waals surface area contributed by atoms with Gasteiger partial charge in [-0.25, -0.2) is 4.79 Å². The third kappa shape index (κ3) is 4.43. The van der Waals surface area contributed by atoms with Gasteiger partial charge in [-0.1, -0.05) is 0 Å². The predicted molar refractivity (Wildman–Crippen MR) is 141 cm³/mol. The molecule has 7 nitrogen and oxygen atoms in total. The monoisotopic (exact) mass is 508 g/mol. The number of amides is 1. The van der Waals surface area contributed by atoms with Crippen molar-refractivity contribution in [1.29, 1.82) is 0 Å². The average Bonchev–Trinajstić information content (AvgIpc) is 3.55. The number of rotatable bonds is 5. The second-order valence-electron chi connectivity index (χ2n) is 10.7. The number of carbonyl (C=O) groups is 2. The normalized spacial score (nSPS) is 17.5. The van der Waals surface area contributed by atoms with Gasteiger partial charge in [-0.15, -0.1) is 11.3 Å². The highest BCUT2D eigenvalue weighted by atomic mass is 32.1. The fourth-order valence-electron chi connectivity index (χ4n) is 5.10. The summed E-state index contributed by atoms with van der Waals surface area (Å²) in [4.78, 5) is 38.9. The van der Waals surface area contributed by atoms with Crippen LogP contribution in [0.2, 0.25) is 0 Å². The SMILES string of the molecule is COc1c(-c2csc3c2CCCC3NC(=O)OC(C)(C)C)ccc2c(=O)c(C(C)=O)cn(C3CC3)c12. The molecule has 0 saturated heterocycles. The van der Waals surface area contributed by atoms with Crippen LogP contribution in [0.25, 0.3) is 22.0 Å². The molecule has 2 aliphatic carbocycles. The van der Waals surface area contributed by atoms with E-state index in [0.29, 0.717) is 11.1 Å². The maximum atomic E-state index is 13.2. The number of ether oxygens (including phenoxy) is 2. The molecular formula is C28H32N2O5S. The molecule has 1 fully saturated rings. The van der Waals surface area contributed by atoms with E-state index in [1.165, 1.54) is 12.5 Å². The summed E-state index contributed by atoms with van der Waals surface area (Å²) in [5.74, 6) is 0.421. The molecule has 36 heavy (non-hydrogen) atoms. The van der Waals surface area contributed by atoms with Crippen molar-refractivity contribution < 1.29 is 19.1 Å². The Balaban J connectivity index is 1.61. The molecule has 1 unspecified atom stereocenters. The Morgan fingerprint density at radius 2 is 1.89 bits per heavy atom. The number of nitrogens with one attached hydrogen (secondary N) is 1. The van der Waals surface area contributed by atoms with Crippen molar-refractivity contribution in [3.05, 3.63) is 49.9 Å². The van der Waals surface area contributed by atoms with Gasteiger partial charge in [0.2, 0.25) is 0 Å². The molecule has 1 N–H and O–H groups in total. The van der Waals surface area contributed by atoms with Crippen molar-refractivity contribution in [2.45, 2.75) is 77.5 Å². The maximum absolute atomic E-state index is 13.2. The molecule has 1 amide bonds. The zero-order chi connectivity index (χ0) is 25.8. The summed E-state index contributed by atoms with van der Waals surface area (Å²) in [5.41, 5.74) is 3.33. The lowest BCUT2D eigenvalue weighted by molar-refractivity contribution is 0.0499. The molecule has 190 valence electrons. The quantitative estimate of drug-likeness (QED) is 0.416. The van der Waals surface area contributed by atoms with Gasteiger partial charge in [0, 0.05) is 22.7 Å². The van der Waals surface area contributed by atoms with Crippen molar-refractivity contribution >= 4 is 34.1 Å². The van der Waals surface area contributed by atoms with Crippen LogP contribution in [-0.4, -0.2) is 29.2 Å². The van der Waals surface area contributed by atoms with Gasteiger partial charge >= 0.3 is 6.09 Å². The van der Waals surface area contributed by atoms with Crippen molar-refractivity contribution in [3.8, 4) is 16.9 Å². The Morgan fingerprint density at radius 1 is 1.14 bits per heavy atom. The highest BCUT2D eigenvalue weighted by Gasteiger charge is 2.31. The van der Waals surface area contributed by atoms with Crippen LogP contribution in [0.1, 0.15) is 86.3 Å². The van der Waals surface area contributed by atoms with Gasteiger partial charge in [0.1, 0.15) is 5.60 Å². The molecule has 1 aromatic carbocycles. The maximum Gasteiger partial charge on any atom is 0.408 e. The zero-order valence-corrected chi connectivity index (χ0v) is 22.2. The van der Waals surface area contributed by atoms with Crippen molar-refractivity contribution in [3.63, 3.8) is 0 Å². The number of thiophene rings is 1. The van der Waals surface area contributed by atoms with E-state index in [9.17, 15) is 14.4 Å². The highest BCUT2D eigenvalue weighted by molar-refractivity contribution is 7.10. The van der Waals surface area contributed by atoms with Crippen LogP contribution in [0.5, 0.6) is 5.75 Å². The number of hydrogen-bond acceptors (Lipinski definition) is 6. The lowest BCUT2D eigenvalue weighted by atomic mass is 9.89. The standard InChI is InChI=1S/C28H32N2O5S/c1-15(31)20-13-30(16-9-10-16)23-19(24(20)32)12-11-17(25(23)34-5)21-14-36-26-18(21)7-6-8-22(26)29-27(33)35-28(2,3)4/h11-14,16,22H,6-10H2,1-5H3,(H,29,33). The molecule has 0 bridgehead atoms. The molecule has 2 heterocycles. The molecule has 1 saturated carbocycles. The van der Waals surface area contributed by atoms with Crippen LogP contribution in [0.4, 0.5) is 4.79 Å². The molecule has 0 aliphatic heterocycles. The zero-order valence-electron chi connectivity index (χ0n) is 21.4. The Hall–Kier alpha value is -3.13. The van der Waals surface area contributed by atoms with Crippen LogP contribution in [0.15, 0.2) is 28.5 Å². The van der Waals surface area contributed by atoms with Gasteiger partial charge in [0.25, 0.3) is 0 Å². The molecule has 1 atom stereocenters. The molecule has 2 aromatic heterocycles. The summed E-state index contributed by atoms with van der Waals surface area (Å²) in [6.45, 7) is 7.00. The van der Waals surface area contributed by atoms with E-state index in [4.69, 9.17) is 9.47 Å². The summed E-state index contributed by atoms with van der Waals surface area (Å²) < 4.78 is 13.5. The van der Waals surface area contributed by atoms with Gasteiger partial charge in [0.05, 0.1) is 29.6 Å². The highest BCUT2D eigenvalue weighted by Crippen LogP contribution is 2.47. The van der Waals surface area contributed by atoms with Crippen molar-refractivity contribution in [2.24, 2.45) is 0 Å². The number of fused-ring (bicyclic) bond motifs is 2. The number of methoxy groups -OCH3 is 1. The van der Waals surface area contributed by atoms with Gasteiger partial charge in [-0.3, -0.25) is 9.59 Å².